The molecular weight excluding hydrogens is 127 g/mol. The number of allylic oxidation sites excluding steroid dienone is 2. The number of rotatable bonds is 3. The van der Waals surface area contributed by atoms with E-state index in [1.54, 1.807) is 6.08 Å². The quantitative estimate of drug-likeness (QED) is 0.533. The standard InChI is InChI=1S/C9H17F/c1-7(2)9(5-6-10)8(3)4/h5,7-8H,6H2,1-4H3. The minimum atomic E-state index is -0.328. The first-order chi connectivity index (χ1) is 4.59. The van der Waals surface area contributed by atoms with Crippen molar-refractivity contribution in [3.8, 4) is 0 Å². The Hall–Kier alpha value is -0.330. The number of halogens is 1. The van der Waals surface area contributed by atoms with Gasteiger partial charge < -0.3 is 0 Å². The molecule has 0 aromatic carbocycles. The van der Waals surface area contributed by atoms with Crippen molar-refractivity contribution in [2.45, 2.75) is 27.7 Å². The van der Waals surface area contributed by atoms with E-state index in [0.29, 0.717) is 11.8 Å². The molecule has 0 nitrogen and oxygen atoms in total. The predicted molar refractivity (Wildman–Crippen MR) is 43.7 cm³/mol. The summed E-state index contributed by atoms with van der Waals surface area (Å²) in [6, 6.07) is 0. The summed E-state index contributed by atoms with van der Waals surface area (Å²) < 4.78 is 11.9. The molecule has 0 aromatic rings. The van der Waals surface area contributed by atoms with E-state index in [1.807, 2.05) is 0 Å². The molecule has 1 heteroatoms. The zero-order valence-electron chi connectivity index (χ0n) is 7.32. The smallest absolute Gasteiger partial charge is 0.108 e. The summed E-state index contributed by atoms with van der Waals surface area (Å²) in [5.41, 5.74) is 1.22. The van der Waals surface area contributed by atoms with E-state index in [9.17, 15) is 4.39 Å². The molecular formula is C9H17F. The van der Waals surface area contributed by atoms with Crippen molar-refractivity contribution >= 4 is 0 Å². The Morgan fingerprint density at radius 2 is 1.60 bits per heavy atom. The Morgan fingerprint density at radius 1 is 1.20 bits per heavy atom. The third kappa shape index (κ3) is 3.00. The molecule has 0 radical (unpaired) electrons. The lowest BCUT2D eigenvalue weighted by Crippen LogP contribution is -2.02. The van der Waals surface area contributed by atoms with Crippen LogP contribution in [0.5, 0.6) is 0 Å². The van der Waals surface area contributed by atoms with Gasteiger partial charge in [-0.25, -0.2) is 4.39 Å². The van der Waals surface area contributed by atoms with Gasteiger partial charge in [0.2, 0.25) is 0 Å². The Morgan fingerprint density at radius 3 is 1.70 bits per heavy atom. The van der Waals surface area contributed by atoms with E-state index in [4.69, 9.17) is 0 Å². The van der Waals surface area contributed by atoms with Crippen molar-refractivity contribution in [3.63, 3.8) is 0 Å². The second-order valence-corrected chi connectivity index (χ2v) is 3.17. The molecule has 0 saturated heterocycles. The molecule has 0 unspecified atom stereocenters. The van der Waals surface area contributed by atoms with Gasteiger partial charge in [0.1, 0.15) is 6.67 Å². The van der Waals surface area contributed by atoms with Crippen molar-refractivity contribution in [2.75, 3.05) is 6.67 Å². The second-order valence-electron chi connectivity index (χ2n) is 3.17. The average molecular weight is 144 g/mol. The predicted octanol–water partition coefficient (Wildman–Crippen LogP) is 3.19. The van der Waals surface area contributed by atoms with Crippen LogP contribution in [0.4, 0.5) is 4.39 Å². The van der Waals surface area contributed by atoms with Gasteiger partial charge in [-0.15, -0.1) is 0 Å². The van der Waals surface area contributed by atoms with Gasteiger partial charge in [0, 0.05) is 0 Å². The molecule has 0 aliphatic carbocycles. The molecule has 0 aromatic heterocycles. The van der Waals surface area contributed by atoms with Gasteiger partial charge in [0.25, 0.3) is 0 Å². The minimum absolute atomic E-state index is 0.328. The molecule has 0 bridgehead atoms. The molecule has 0 heterocycles. The van der Waals surface area contributed by atoms with Crippen LogP contribution in [0, 0.1) is 11.8 Å². The maximum absolute atomic E-state index is 11.9. The molecule has 0 rings (SSSR count). The van der Waals surface area contributed by atoms with Crippen molar-refractivity contribution in [1.29, 1.82) is 0 Å². The zero-order chi connectivity index (χ0) is 8.15. The maximum atomic E-state index is 11.9. The van der Waals surface area contributed by atoms with Gasteiger partial charge in [-0.1, -0.05) is 39.3 Å². The van der Waals surface area contributed by atoms with Crippen molar-refractivity contribution in [3.05, 3.63) is 11.6 Å². The first kappa shape index (κ1) is 9.67. The third-order valence-corrected chi connectivity index (χ3v) is 1.65. The van der Waals surface area contributed by atoms with Crippen LogP contribution in [-0.2, 0) is 0 Å². The lowest BCUT2D eigenvalue weighted by atomic mass is 9.92. The van der Waals surface area contributed by atoms with Gasteiger partial charge in [0.05, 0.1) is 0 Å². The molecule has 0 N–H and O–H groups in total. The summed E-state index contributed by atoms with van der Waals surface area (Å²) >= 11 is 0. The fourth-order valence-electron chi connectivity index (χ4n) is 1.23. The SMILES string of the molecule is CC(C)C(=CCF)C(C)C. The van der Waals surface area contributed by atoms with Gasteiger partial charge in [0.15, 0.2) is 0 Å². The van der Waals surface area contributed by atoms with Crippen LogP contribution in [-0.4, -0.2) is 6.67 Å². The molecule has 0 aliphatic rings. The van der Waals surface area contributed by atoms with E-state index < -0.39 is 0 Å². The molecule has 0 spiro atoms. The van der Waals surface area contributed by atoms with Gasteiger partial charge in [-0.3, -0.25) is 0 Å². The van der Waals surface area contributed by atoms with E-state index in [2.05, 4.69) is 27.7 Å². The van der Waals surface area contributed by atoms with Crippen molar-refractivity contribution < 1.29 is 4.39 Å². The molecule has 60 valence electrons. The first-order valence-electron chi connectivity index (χ1n) is 3.85. The molecule has 0 atom stereocenters. The lowest BCUT2D eigenvalue weighted by Gasteiger charge is -2.14. The Balaban J connectivity index is 4.12. The topological polar surface area (TPSA) is 0 Å². The molecule has 10 heavy (non-hydrogen) atoms. The second kappa shape index (κ2) is 4.48. The van der Waals surface area contributed by atoms with Crippen LogP contribution in [0.2, 0.25) is 0 Å². The zero-order valence-corrected chi connectivity index (χ0v) is 7.32. The fraction of sp³-hybridized carbons (Fsp3) is 0.778. The Labute approximate surface area is 63.1 Å². The van der Waals surface area contributed by atoms with Crippen molar-refractivity contribution in [1.82, 2.24) is 0 Å². The molecule has 0 saturated carbocycles. The molecule has 0 fully saturated rings. The van der Waals surface area contributed by atoms with Gasteiger partial charge in [-0.05, 0) is 11.8 Å². The summed E-state index contributed by atoms with van der Waals surface area (Å²) in [7, 11) is 0. The maximum Gasteiger partial charge on any atom is 0.108 e. The van der Waals surface area contributed by atoms with E-state index in [-0.39, 0.29) is 6.67 Å². The highest BCUT2D eigenvalue weighted by Gasteiger charge is 2.06. The van der Waals surface area contributed by atoms with Gasteiger partial charge in [-0.2, -0.15) is 0 Å². The van der Waals surface area contributed by atoms with E-state index in [1.165, 1.54) is 5.57 Å². The number of hydrogen-bond acceptors (Lipinski definition) is 0. The summed E-state index contributed by atoms with van der Waals surface area (Å²) in [6.45, 7) is 8.07. The summed E-state index contributed by atoms with van der Waals surface area (Å²) in [5, 5.41) is 0. The van der Waals surface area contributed by atoms with Crippen LogP contribution in [0.15, 0.2) is 11.6 Å². The summed E-state index contributed by atoms with van der Waals surface area (Å²) in [5.74, 6) is 0.964. The monoisotopic (exact) mass is 144 g/mol. The van der Waals surface area contributed by atoms with E-state index >= 15 is 0 Å². The third-order valence-electron chi connectivity index (χ3n) is 1.65. The average Bonchev–Trinajstić information content (AvgIpc) is 1.81. The highest BCUT2D eigenvalue weighted by molar-refractivity contribution is 5.07. The minimum Gasteiger partial charge on any atom is -0.247 e. The van der Waals surface area contributed by atoms with E-state index in [0.717, 1.165) is 0 Å². The molecule has 0 aliphatic heterocycles. The van der Waals surface area contributed by atoms with Crippen LogP contribution >= 0.6 is 0 Å². The van der Waals surface area contributed by atoms with Gasteiger partial charge >= 0.3 is 0 Å². The largest absolute Gasteiger partial charge is 0.247 e. The van der Waals surface area contributed by atoms with Crippen LogP contribution < -0.4 is 0 Å². The Kier molecular flexibility index (Phi) is 4.33. The van der Waals surface area contributed by atoms with Crippen molar-refractivity contribution in [2.24, 2.45) is 11.8 Å². The number of alkyl halides is 1. The van der Waals surface area contributed by atoms with Crippen LogP contribution in [0.25, 0.3) is 0 Å². The normalized spacial score (nSPS) is 10.7. The fourth-order valence-corrected chi connectivity index (χ4v) is 1.23. The summed E-state index contributed by atoms with van der Waals surface area (Å²) in [6.07, 6.45) is 1.69. The van der Waals surface area contributed by atoms with Crippen LogP contribution in [0.1, 0.15) is 27.7 Å². The highest BCUT2D eigenvalue weighted by Crippen LogP contribution is 2.18. The molecule has 0 amide bonds. The lowest BCUT2D eigenvalue weighted by molar-refractivity contribution is 0.542. The first-order valence-corrected chi connectivity index (χ1v) is 3.85. The van der Waals surface area contributed by atoms with Crippen LogP contribution in [0.3, 0.4) is 0 Å². The highest BCUT2D eigenvalue weighted by atomic mass is 19.1. The Bertz CT molecular complexity index is 102. The number of hydrogen-bond donors (Lipinski definition) is 0. The summed E-state index contributed by atoms with van der Waals surface area (Å²) in [4.78, 5) is 0.